The third-order valence-corrected chi connectivity index (χ3v) is 4.95. The predicted octanol–water partition coefficient (Wildman–Crippen LogP) is 2.56. The molecule has 6 nitrogen and oxygen atoms in total. The minimum absolute atomic E-state index is 0. The molecule has 1 saturated heterocycles. The molecule has 1 aliphatic heterocycles. The molecule has 0 bridgehead atoms. The minimum Gasteiger partial charge on any atom is -0.337 e. The van der Waals surface area contributed by atoms with E-state index in [-0.39, 0.29) is 17.9 Å². The lowest BCUT2D eigenvalue weighted by Crippen LogP contribution is -2.46. The van der Waals surface area contributed by atoms with Crippen LogP contribution in [-0.2, 0) is 19.1 Å². The van der Waals surface area contributed by atoms with E-state index in [1.165, 1.54) is 11.3 Å². The number of halogens is 1. The molecular formula is C18H31ClN6. The molecule has 1 fully saturated rings. The molecule has 1 N–H and O–H groups in total. The Bertz CT molecular complexity index is 712. The molecule has 7 heteroatoms. The van der Waals surface area contributed by atoms with E-state index in [0.29, 0.717) is 6.04 Å². The van der Waals surface area contributed by atoms with Crippen LogP contribution in [0.2, 0.25) is 0 Å². The Labute approximate surface area is 157 Å². The van der Waals surface area contributed by atoms with Crippen molar-refractivity contribution in [3.8, 4) is 0 Å². The van der Waals surface area contributed by atoms with Gasteiger partial charge in [-0.1, -0.05) is 0 Å². The molecule has 1 unspecified atom stereocenters. The van der Waals surface area contributed by atoms with Crippen molar-refractivity contribution in [2.45, 2.75) is 52.7 Å². The average Bonchev–Trinajstić information content (AvgIpc) is 3.05. The number of aromatic nitrogens is 4. The molecule has 3 heterocycles. The number of aryl methyl sites for hydroxylation is 2. The summed E-state index contributed by atoms with van der Waals surface area (Å²) in [7, 11) is 2.07. The number of hydrogen-bond acceptors (Lipinski definition) is 4. The molecule has 0 saturated carbocycles. The second-order valence-corrected chi connectivity index (χ2v) is 7.82. The highest BCUT2D eigenvalue weighted by atomic mass is 35.5. The lowest BCUT2D eigenvalue weighted by Gasteiger charge is -2.35. The third kappa shape index (κ3) is 3.91. The fourth-order valence-corrected chi connectivity index (χ4v) is 3.65. The van der Waals surface area contributed by atoms with E-state index >= 15 is 0 Å². The van der Waals surface area contributed by atoms with Crippen LogP contribution >= 0.6 is 12.4 Å². The van der Waals surface area contributed by atoms with Crippen molar-refractivity contribution in [2.24, 2.45) is 7.05 Å². The van der Waals surface area contributed by atoms with Gasteiger partial charge >= 0.3 is 0 Å². The summed E-state index contributed by atoms with van der Waals surface area (Å²) >= 11 is 0. The third-order valence-electron chi connectivity index (χ3n) is 4.95. The smallest absolute Gasteiger partial charge is 0.127 e. The molecule has 0 aliphatic carbocycles. The van der Waals surface area contributed by atoms with Gasteiger partial charge in [-0.2, -0.15) is 5.10 Å². The lowest BCUT2D eigenvalue weighted by molar-refractivity contribution is 0.144. The van der Waals surface area contributed by atoms with Crippen LogP contribution in [0.25, 0.3) is 0 Å². The average molecular weight is 367 g/mol. The van der Waals surface area contributed by atoms with Crippen LogP contribution in [0.5, 0.6) is 0 Å². The SMILES string of the molecule is Cc1nn(C(C)(C)C)c(C)c1CN1CCNCC1c1nccn1C.Cl. The maximum atomic E-state index is 4.81. The van der Waals surface area contributed by atoms with E-state index in [4.69, 9.17) is 5.10 Å². The van der Waals surface area contributed by atoms with Crippen LogP contribution in [0.3, 0.4) is 0 Å². The zero-order valence-electron chi connectivity index (χ0n) is 16.2. The maximum absolute atomic E-state index is 4.81. The van der Waals surface area contributed by atoms with E-state index in [2.05, 4.69) is 66.1 Å². The van der Waals surface area contributed by atoms with Crippen LogP contribution in [-0.4, -0.2) is 43.9 Å². The standard InChI is InChI=1S/C18H30N6.ClH/c1-13-15(14(2)24(21-13)18(3,4)5)12-23-10-7-19-11-16(23)17-20-8-9-22(17)6;/h8-9,16,19H,7,10-12H2,1-6H3;1H. The predicted molar refractivity (Wildman–Crippen MR) is 103 cm³/mol. The normalized spacial score (nSPS) is 19.0. The molecule has 2 aromatic rings. The first-order valence-corrected chi connectivity index (χ1v) is 8.76. The van der Waals surface area contributed by atoms with Gasteiger partial charge in [0.05, 0.1) is 17.3 Å². The van der Waals surface area contributed by atoms with E-state index in [0.717, 1.165) is 37.7 Å². The number of piperazine rings is 1. The van der Waals surface area contributed by atoms with Crippen molar-refractivity contribution in [3.05, 3.63) is 35.2 Å². The number of nitrogens with one attached hydrogen (secondary N) is 1. The van der Waals surface area contributed by atoms with E-state index in [1.54, 1.807) is 0 Å². The maximum Gasteiger partial charge on any atom is 0.127 e. The molecule has 3 rings (SSSR count). The molecule has 0 radical (unpaired) electrons. The summed E-state index contributed by atoms with van der Waals surface area (Å²) in [6.07, 6.45) is 3.91. The highest BCUT2D eigenvalue weighted by Gasteiger charge is 2.29. The molecular weight excluding hydrogens is 336 g/mol. The van der Waals surface area contributed by atoms with Gasteiger partial charge in [0.2, 0.25) is 0 Å². The first kappa shape index (κ1) is 19.9. The summed E-state index contributed by atoms with van der Waals surface area (Å²) in [4.78, 5) is 7.11. The van der Waals surface area contributed by atoms with Gasteiger partial charge in [-0.05, 0) is 34.6 Å². The highest BCUT2D eigenvalue weighted by molar-refractivity contribution is 5.85. The van der Waals surface area contributed by atoms with Crippen molar-refractivity contribution in [2.75, 3.05) is 19.6 Å². The van der Waals surface area contributed by atoms with Gasteiger partial charge in [0, 0.05) is 56.9 Å². The zero-order chi connectivity index (χ0) is 17.5. The minimum atomic E-state index is 0. The van der Waals surface area contributed by atoms with Crippen LogP contribution in [0.15, 0.2) is 12.4 Å². The number of imidazole rings is 1. The summed E-state index contributed by atoms with van der Waals surface area (Å²) in [6, 6.07) is 0.301. The summed E-state index contributed by atoms with van der Waals surface area (Å²) < 4.78 is 4.29. The summed E-state index contributed by atoms with van der Waals surface area (Å²) in [5.41, 5.74) is 3.78. The Hall–Kier alpha value is -1.37. The number of nitrogens with zero attached hydrogens (tertiary/aromatic N) is 5. The fraction of sp³-hybridized carbons (Fsp3) is 0.667. The molecule has 0 amide bonds. The monoisotopic (exact) mass is 366 g/mol. The van der Waals surface area contributed by atoms with Gasteiger partial charge < -0.3 is 9.88 Å². The Morgan fingerprint density at radius 2 is 2.00 bits per heavy atom. The molecule has 0 aromatic carbocycles. The summed E-state index contributed by atoms with van der Waals surface area (Å²) in [5, 5.41) is 8.31. The van der Waals surface area contributed by atoms with Crippen molar-refractivity contribution >= 4 is 12.4 Å². The van der Waals surface area contributed by atoms with Crippen molar-refractivity contribution in [1.29, 1.82) is 0 Å². The Morgan fingerprint density at radius 1 is 1.28 bits per heavy atom. The molecule has 25 heavy (non-hydrogen) atoms. The Kier molecular flexibility index (Phi) is 5.97. The molecule has 0 spiro atoms. The second kappa shape index (κ2) is 7.48. The quantitative estimate of drug-likeness (QED) is 0.907. The van der Waals surface area contributed by atoms with Crippen molar-refractivity contribution in [1.82, 2.24) is 29.5 Å². The van der Waals surface area contributed by atoms with Gasteiger partial charge in [0.15, 0.2) is 0 Å². The van der Waals surface area contributed by atoms with Crippen LogP contribution in [0, 0.1) is 13.8 Å². The van der Waals surface area contributed by atoms with Gasteiger partial charge in [-0.25, -0.2) is 4.98 Å². The van der Waals surface area contributed by atoms with Gasteiger partial charge in [0.1, 0.15) is 5.82 Å². The van der Waals surface area contributed by atoms with Crippen LogP contribution in [0.4, 0.5) is 0 Å². The van der Waals surface area contributed by atoms with E-state index in [1.807, 2.05) is 12.4 Å². The van der Waals surface area contributed by atoms with Crippen molar-refractivity contribution in [3.63, 3.8) is 0 Å². The van der Waals surface area contributed by atoms with Gasteiger partial charge in [-0.15, -0.1) is 12.4 Å². The first-order valence-electron chi connectivity index (χ1n) is 8.76. The highest BCUT2D eigenvalue weighted by Crippen LogP contribution is 2.27. The van der Waals surface area contributed by atoms with Crippen LogP contribution < -0.4 is 5.32 Å². The van der Waals surface area contributed by atoms with Crippen molar-refractivity contribution < 1.29 is 0 Å². The Morgan fingerprint density at radius 3 is 2.56 bits per heavy atom. The lowest BCUT2D eigenvalue weighted by atomic mass is 10.1. The van der Waals surface area contributed by atoms with E-state index < -0.39 is 0 Å². The van der Waals surface area contributed by atoms with Crippen LogP contribution in [0.1, 0.15) is 49.6 Å². The second-order valence-electron chi connectivity index (χ2n) is 7.82. The first-order chi connectivity index (χ1) is 11.3. The number of hydrogen-bond donors (Lipinski definition) is 1. The fourth-order valence-electron chi connectivity index (χ4n) is 3.65. The zero-order valence-corrected chi connectivity index (χ0v) is 17.0. The summed E-state index contributed by atoms with van der Waals surface area (Å²) in [6.45, 7) is 14.8. The molecule has 140 valence electrons. The van der Waals surface area contributed by atoms with Gasteiger partial charge in [0.25, 0.3) is 0 Å². The largest absolute Gasteiger partial charge is 0.337 e. The molecule has 2 aromatic heterocycles. The summed E-state index contributed by atoms with van der Waals surface area (Å²) in [5.74, 6) is 1.13. The Balaban J connectivity index is 0.00000225. The molecule has 1 atom stereocenters. The van der Waals surface area contributed by atoms with E-state index in [9.17, 15) is 0 Å². The topological polar surface area (TPSA) is 50.9 Å². The van der Waals surface area contributed by atoms with Gasteiger partial charge in [-0.3, -0.25) is 9.58 Å². The molecule has 1 aliphatic rings. The number of rotatable bonds is 3.